The van der Waals surface area contributed by atoms with Gasteiger partial charge in [-0.15, -0.1) is 0 Å². The third-order valence-electron chi connectivity index (χ3n) is 3.97. The Bertz CT molecular complexity index is 450. The van der Waals surface area contributed by atoms with Gasteiger partial charge in [0.2, 0.25) is 0 Å². The van der Waals surface area contributed by atoms with Crippen LogP contribution in [0, 0.1) is 0 Å². The van der Waals surface area contributed by atoms with Crippen molar-refractivity contribution in [1.82, 2.24) is 4.90 Å². The normalized spacial score (nSPS) is 19.4. The maximum Gasteiger partial charge on any atom is 0.164 e. The molecule has 1 aliphatic heterocycles. The highest BCUT2D eigenvalue weighted by molar-refractivity contribution is 6.31. The number of benzene rings is 1. The van der Waals surface area contributed by atoms with Crippen LogP contribution in [0.15, 0.2) is 24.3 Å². The van der Waals surface area contributed by atoms with Gasteiger partial charge in [0.1, 0.15) is 0 Å². The zero-order chi connectivity index (χ0) is 14.4. The summed E-state index contributed by atoms with van der Waals surface area (Å²) in [5, 5.41) is 9.53. The number of ketones is 1. The minimum atomic E-state index is 0.153. The van der Waals surface area contributed by atoms with Crippen molar-refractivity contribution in [2.75, 3.05) is 19.7 Å². The van der Waals surface area contributed by atoms with E-state index in [4.69, 9.17) is 16.7 Å². The van der Waals surface area contributed by atoms with E-state index in [-0.39, 0.29) is 12.4 Å². The Morgan fingerprint density at radius 3 is 3.05 bits per heavy atom. The van der Waals surface area contributed by atoms with Gasteiger partial charge in [0.15, 0.2) is 5.78 Å². The molecule has 0 bridgehead atoms. The number of hydrogen-bond donors (Lipinski definition) is 1. The second-order valence-corrected chi connectivity index (χ2v) is 5.82. The molecule has 1 saturated heterocycles. The number of likely N-dealkylation sites (tertiary alicyclic amines) is 1. The van der Waals surface area contributed by atoms with Gasteiger partial charge in [-0.3, -0.25) is 9.69 Å². The highest BCUT2D eigenvalue weighted by Crippen LogP contribution is 2.22. The first-order valence-electron chi connectivity index (χ1n) is 7.34. The molecule has 1 N–H and O–H groups in total. The van der Waals surface area contributed by atoms with Crippen LogP contribution in [-0.2, 0) is 0 Å². The summed E-state index contributed by atoms with van der Waals surface area (Å²) in [7, 11) is 0. The van der Waals surface area contributed by atoms with Crippen LogP contribution in [0.1, 0.15) is 42.5 Å². The van der Waals surface area contributed by atoms with Gasteiger partial charge in [-0.1, -0.05) is 23.7 Å². The van der Waals surface area contributed by atoms with Crippen molar-refractivity contribution in [3.63, 3.8) is 0 Å². The Morgan fingerprint density at radius 2 is 2.30 bits per heavy atom. The minimum Gasteiger partial charge on any atom is -0.396 e. The van der Waals surface area contributed by atoms with E-state index in [2.05, 4.69) is 4.90 Å². The molecule has 1 aromatic carbocycles. The van der Waals surface area contributed by atoms with Crippen molar-refractivity contribution in [2.24, 2.45) is 0 Å². The molecule has 110 valence electrons. The van der Waals surface area contributed by atoms with Crippen molar-refractivity contribution >= 4 is 17.4 Å². The molecule has 0 spiro atoms. The predicted octanol–water partition coefficient (Wildman–Crippen LogP) is 3.15. The van der Waals surface area contributed by atoms with Gasteiger partial charge in [-0.05, 0) is 44.4 Å². The molecule has 3 nitrogen and oxygen atoms in total. The van der Waals surface area contributed by atoms with E-state index in [0.29, 0.717) is 23.0 Å². The zero-order valence-electron chi connectivity index (χ0n) is 11.7. The van der Waals surface area contributed by atoms with Gasteiger partial charge in [0, 0.05) is 36.2 Å². The molecule has 2 rings (SSSR count). The lowest BCUT2D eigenvalue weighted by atomic mass is 10.1. The van der Waals surface area contributed by atoms with Crippen LogP contribution in [0.5, 0.6) is 0 Å². The second-order valence-electron chi connectivity index (χ2n) is 5.38. The van der Waals surface area contributed by atoms with Crippen molar-refractivity contribution < 1.29 is 9.90 Å². The van der Waals surface area contributed by atoms with Crippen molar-refractivity contribution in [2.45, 2.75) is 38.1 Å². The quantitative estimate of drug-likeness (QED) is 0.786. The fourth-order valence-corrected chi connectivity index (χ4v) is 3.09. The molecule has 0 saturated carbocycles. The number of aliphatic hydroxyl groups excluding tert-OH is 1. The maximum absolute atomic E-state index is 12.1. The summed E-state index contributed by atoms with van der Waals surface area (Å²) in [5.41, 5.74) is 0.698. The summed E-state index contributed by atoms with van der Waals surface area (Å²) in [5.74, 6) is 0.153. The monoisotopic (exact) mass is 295 g/mol. The number of carbonyl (C=O) groups excluding carboxylic acids is 1. The Balaban J connectivity index is 1.83. The highest BCUT2D eigenvalue weighted by Gasteiger charge is 2.24. The first-order chi connectivity index (χ1) is 9.70. The van der Waals surface area contributed by atoms with E-state index < -0.39 is 0 Å². The van der Waals surface area contributed by atoms with E-state index >= 15 is 0 Å². The fourth-order valence-electron chi connectivity index (χ4n) is 2.89. The molecule has 1 heterocycles. The number of carbonyl (C=O) groups is 1. The van der Waals surface area contributed by atoms with E-state index in [1.54, 1.807) is 12.1 Å². The lowest BCUT2D eigenvalue weighted by Crippen LogP contribution is -2.31. The highest BCUT2D eigenvalue weighted by atomic mass is 35.5. The first kappa shape index (κ1) is 15.5. The topological polar surface area (TPSA) is 40.5 Å². The fraction of sp³-hybridized carbons (Fsp3) is 0.562. The summed E-state index contributed by atoms with van der Waals surface area (Å²) in [6.07, 6.45) is 4.80. The molecule has 0 aromatic heterocycles. The number of rotatable bonds is 7. The second kappa shape index (κ2) is 7.77. The summed E-state index contributed by atoms with van der Waals surface area (Å²) >= 11 is 5.91. The number of Topliss-reactive ketones (excluding diaryl/α,β-unsaturated/α-hetero) is 1. The Labute approximate surface area is 125 Å². The molecule has 1 aromatic rings. The van der Waals surface area contributed by atoms with Crippen LogP contribution in [-0.4, -0.2) is 41.5 Å². The average molecular weight is 296 g/mol. The lowest BCUT2D eigenvalue weighted by molar-refractivity contribution is 0.0958. The van der Waals surface area contributed by atoms with Gasteiger partial charge in [-0.2, -0.15) is 0 Å². The number of aliphatic hydroxyl groups is 1. The zero-order valence-corrected chi connectivity index (χ0v) is 12.5. The van der Waals surface area contributed by atoms with Gasteiger partial charge in [-0.25, -0.2) is 0 Å². The van der Waals surface area contributed by atoms with Crippen LogP contribution in [0.25, 0.3) is 0 Å². The molecular formula is C16H22ClNO2. The van der Waals surface area contributed by atoms with Crippen LogP contribution < -0.4 is 0 Å². The summed E-state index contributed by atoms with van der Waals surface area (Å²) in [6.45, 7) is 2.13. The molecule has 1 atom stereocenters. The number of nitrogens with zero attached hydrogens (tertiary/aromatic N) is 1. The van der Waals surface area contributed by atoms with E-state index in [1.165, 1.54) is 12.8 Å². The lowest BCUT2D eigenvalue weighted by Gasteiger charge is -2.23. The summed E-state index contributed by atoms with van der Waals surface area (Å²) < 4.78 is 0. The predicted molar refractivity (Wildman–Crippen MR) is 81.3 cm³/mol. The van der Waals surface area contributed by atoms with E-state index in [0.717, 1.165) is 25.9 Å². The van der Waals surface area contributed by atoms with Crippen LogP contribution in [0.2, 0.25) is 5.02 Å². The number of halogens is 1. The summed E-state index contributed by atoms with van der Waals surface area (Å²) in [6, 6.07) is 7.69. The van der Waals surface area contributed by atoms with Crippen LogP contribution >= 0.6 is 11.6 Å². The third kappa shape index (κ3) is 4.30. The first-order valence-corrected chi connectivity index (χ1v) is 7.72. The Morgan fingerprint density at radius 1 is 1.45 bits per heavy atom. The molecule has 1 unspecified atom stereocenters. The molecule has 1 aliphatic rings. The van der Waals surface area contributed by atoms with E-state index in [9.17, 15) is 4.79 Å². The van der Waals surface area contributed by atoms with Crippen molar-refractivity contribution in [1.29, 1.82) is 0 Å². The standard InChI is InChI=1S/C16H22ClNO2/c17-14-5-1-4-13(12-14)16(20)8-10-18-9-2-6-15(18)7-3-11-19/h1,4-5,12,15,19H,2-3,6-11H2. The average Bonchev–Trinajstić information content (AvgIpc) is 2.90. The molecule has 20 heavy (non-hydrogen) atoms. The molecule has 0 aliphatic carbocycles. The minimum absolute atomic E-state index is 0.153. The van der Waals surface area contributed by atoms with Gasteiger partial charge in [0.25, 0.3) is 0 Å². The SMILES string of the molecule is O=C(CCN1CCCC1CCCO)c1cccc(Cl)c1. The largest absolute Gasteiger partial charge is 0.396 e. The molecule has 0 radical (unpaired) electrons. The van der Waals surface area contributed by atoms with E-state index in [1.807, 2.05) is 12.1 Å². The van der Waals surface area contributed by atoms with Gasteiger partial charge < -0.3 is 5.11 Å². The van der Waals surface area contributed by atoms with Gasteiger partial charge in [0.05, 0.1) is 0 Å². The molecule has 1 fully saturated rings. The molecule has 4 heteroatoms. The Kier molecular flexibility index (Phi) is 6.02. The molecule has 0 amide bonds. The maximum atomic E-state index is 12.1. The smallest absolute Gasteiger partial charge is 0.164 e. The van der Waals surface area contributed by atoms with Crippen LogP contribution in [0.4, 0.5) is 0 Å². The number of hydrogen-bond acceptors (Lipinski definition) is 3. The van der Waals surface area contributed by atoms with Crippen molar-refractivity contribution in [3.05, 3.63) is 34.9 Å². The van der Waals surface area contributed by atoms with Gasteiger partial charge >= 0.3 is 0 Å². The van der Waals surface area contributed by atoms with Crippen molar-refractivity contribution in [3.8, 4) is 0 Å². The van der Waals surface area contributed by atoms with Crippen LogP contribution in [0.3, 0.4) is 0 Å². The summed E-state index contributed by atoms with van der Waals surface area (Å²) in [4.78, 5) is 14.5. The third-order valence-corrected chi connectivity index (χ3v) is 4.20. The Hall–Kier alpha value is -0.900. The molecular weight excluding hydrogens is 274 g/mol.